The molecule has 0 aliphatic carbocycles. The summed E-state index contributed by atoms with van der Waals surface area (Å²) in [4.78, 5) is -0.114. The van der Waals surface area contributed by atoms with Crippen molar-refractivity contribution >= 4 is 22.4 Å². The lowest BCUT2D eigenvalue weighted by atomic mass is 10.1. The van der Waals surface area contributed by atoms with Gasteiger partial charge in [-0.1, -0.05) is 0 Å². The van der Waals surface area contributed by atoms with E-state index in [4.69, 9.17) is 9.47 Å². The summed E-state index contributed by atoms with van der Waals surface area (Å²) in [6, 6.07) is 4.14. The monoisotopic (exact) mass is 394 g/mol. The molecule has 2 bridgehead atoms. The van der Waals surface area contributed by atoms with Crippen LogP contribution in [0.3, 0.4) is 0 Å². The van der Waals surface area contributed by atoms with Gasteiger partial charge in [-0.25, -0.2) is 12.8 Å². The second kappa shape index (κ2) is 8.64. The van der Waals surface area contributed by atoms with Gasteiger partial charge in [0.15, 0.2) is 0 Å². The van der Waals surface area contributed by atoms with E-state index in [2.05, 4.69) is 5.32 Å². The van der Waals surface area contributed by atoms with Gasteiger partial charge < -0.3 is 14.8 Å². The van der Waals surface area contributed by atoms with Crippen LogP contribution in [-0.4, -0.2) is 58.2 Å². The zero-order chi connectivity index (χ0) is 17.2. The predicted molar refractivity (Wildman–Crippen MR) is 94.3 cm³/mol. The molecule has 2 heterocycles. The van der Waals surface area contributed by atoms with Crippen molar-refractivity contribution in [3.8, 4) is 5.75 Å². The minimum Gasteiger partial charge on any atom is -0.490 e. The normalized spacial score (nSPS) is 23.8. The topological polar surface area (TPSA) is 67.9 Å². The van der Waals surface area contributed by atoms with Gasteiger partial charge in [-0.2, -0.15) is 4.31 Å². The Morgan fingerprint density at radius 3 is 2.76 bits per heavy atom. The number of sulfonamides is 1. The highest BCUT2D eigenvalue weighted by Crippen LogP contribution is 2.30. The van der Waals surface area contributed by atoms with E-state index in [9.17, 15) is 12.8 Å². The number of hydrogen-bond acceptors (Lipinski definition) is 5. The SMILES string of the molecule is COCCOc1ccc(F)cc1S(=O)(=O)N1CCC2CCC(C1)N2.Cl. The van der Waals surface area contributed by atoms with Crippen LogP contribution < -0.4 is 10.1 Å². The summed E-state index contributed by atoms with van der Waals surface area (Å²) >= 11 is 0. The van der Waals surface area contributed by atoms with Crippen molar-refractivity contribution < 1.29 is 22.3 Å². The molecule has 2 aliphatic heterocycles. The van der Waals surface area contributed by atoms with Gasteiger partial charge in [-0.3, -0.25) is 0 Å². The molecule has 2 saturated heterocycles. The minimum atomic E-state index is -3.81. The van der Waals surface area contributed by atoms with E-state index in [0.29, 0.717) is 25.7 Å². The van der Waals surface area contributed by atoms with E-state index in [1.165, 1.54) is 23.5 Å². The summed E-state index contributed by atoms with van der Waals surface area (Å²) in [5.74, 6) is -0.432. The van der Waals surface area contributed by atoms with Crippen LogP contribution >= 0.6 is 12.4 Å². The lowest BCUT2D eigenvalue weighted by Crippen LogP contribution is -2.39. The number of hydrogen-bond donors (Lipinski definition) is 1. The van der Waals surface area contributed by atoms with Crippen LogP contribution in [0.25, 0.3) is 0 Å². The van der Waals surface area contributed by atoms with Gasteiger partial charge in [0.2, 0.25) is 10.0 Å². The minimum absolute atomic E-state index is 0. The van der Waals surface area contributed by atoms with Crippen molar-refractivity contribution in [3.63, 3.8) is 0 Å². The largest absolute Gasteiger partial charge is 0.490 e. The number of halogens is 2. The van der Waals surface area contributed by atoms with Gasteiger partial charge in [0, 0.05) is 32.3 Å². The van der Waals surface area contributed by atoms with Crippen LogP contribution in [0.1, 0.15) is 19.3 Å². The molecule has 2 aliphatic rings. The van der Waals surface area contributed by atoms with Crippen LogP contribution in [0.5, 0.6) is 5.75 Å². The van der Waals surface area contributed by atoms with Crippen LogP contribution in [-0.2, 0) is 14.8 Å². The molecule has 0 aromatic heterocycles. The van der Waals surface area contributed by atoms with Gasteiger partial charge in [0.1, 0.15) is 23.1 Å². The second-order valence-corrected chi connectivity index (χ2v) is 8.13. The fourth-order valence-electron chi connectivity index (χ4n) is 3.31. The van der Waals surface area contributed by atoms with E-state index >= 15 is 0 Å². The highest BCUT2D eigenvalue weighted by atomic mass is 35.5. The molecule has 1 N–H and O–H groups in total. The van der Waals surface area contributed by atoms with E-state index in [0.717, 1.165) is 25.3 Å². The average molecular weight is 395 g/mol. The average Bonchev–Trinajstić information content (AvgIpc) is 2.87. The number of nitrogens with one attached hydrogen (secondary N) is 1. The molecule has 0 spiro atoms. The van der Waals surface area contributed by atoms with Gasteiger partial charge >= 0.3 is 0 Å². The van der Waals surface area contributed by atoms with E-state index in [1.807, 2.05) is 0 Å². The number of nitrogens with zero attached hydrogens (tertiary/aromatic N) is 1. The summed E-state index contributed by atoms with van der Waals surface area (Å²) in [6.07, 6.45) is 2.83. The summed E-state index contributed by atoms with van der Waals surface area (Å²) < 4.78 is 51.6. The molecular formula is C16H24ClFN2O4S. The first kappa shape index (κ1) is 20.4. The zero-order valence-corrected chi connectivity index (χ0v) is 15.7. The standard InChI is InChI=1S/C16H23FN2O4S.ClH/c1-22-8-9-23-15-5-2-12(17)10-16(15)24(20,21)19-7-6-13-3-4-14(11-19)18-13;/h2,5,10,13-14,18H,3-4,6-9,11H2,1H3;1H. The summed E-state index contributed by atoms with van der Waals surface area (Å²) in [5.41, 5.74) is 0. The Labute approximate surface area is 154 Å². The number of fused-ring (bicyclic) bond motifs is 2. The Morgan fingerprint density at radius 2 is 2.00 bits per heavy atom. The molecule has 142 valence electrons. The number of methoxy groups -OCH3 is 1. The van der Waals surface area contributed by atoms with Crippen LogP contribution in [0.4, 0.5) is 4.39 Å². The quantitative estimate of drug-likeness (QED) is 0.745. The van der Waals surface area contributed by atoms with Crippen molar-refractivity contribution in [2.45, 2.75) is 36.2 Å². The van der Waals surface area contributed by atoms with E-state index in [-0.39, 0.29) is 35.7 Å². The van der Waals surface area contributed by atoms with Crippen molar-refractivity contribution in [1.29, 1.82) is 0 Å². The molecule has 0 saturated carbocycles. The first-order valence-electron chi connectivity index (χ1n) is 8.18. The Morgan fingerprint density at radius 1 is 1.24 bits per heavy atom. The highest BCUT2D eigenvalue weighted by Gasteiger charge is 2.36. The summed E-state index contributed by atoms with van der Waals surface area (Å²) in [7, 11) is -2.28. The summed E-state index contributed by atoms with van der Waals surface area (Å²) in [5, 5.41) is 3.45. The molecule has 2 unspecified atom stereocenters. The predicted octanol–water partition coefficient (Wildman–Crippen LogP) is 1.79. The molecular weight excluding hydrogens is 371 g/mol. The smallest absolute Gasteiger partial charge is 0.246 e. The fraction of sp³-hybridized carbons (Fsp3) is 0.625. The van der Waals surface area contributed by atoms with E-state index < -0.39 is 15.8 Å². The van der Waals surface area contributed by atoms with Crippen molar-refractivity contribution in [1.82, 2.24) is 9.62 Å². The summed E-state index contributed by atoms with van der Waals surface area (Å²) in [6.45, 7) is 1.38. The lowest BCUT2D eigenvalue weighted by molar-refractivity contribution is 0.144. The maximum Gasteiger partial charge on any atom is 0.246 e. The molecule has 25 heavy (non-hydrogen) atoms. The molecule has 9 heteroatoms. The number of ether oxygens (including phenoxy) is 2. The highest BCUT2D eigenvalue weighted by molar-refractivity contribution is 7.89. The van der Waals surface area contributed by atoms with Crippen molar-refractivity contribution in [2.75, 3.05) is 33.4 Å². The number of benzene rings is 1. The van der Waals surface area contributed by atoms with Crippen molar-refractivity contribution in [2.24, 2.45) is 0 Å². The Hall–Kier alpha value is -0.930. The van der Waals surface area contributed by atoms with Crippen LogP contribution in [0.15, 0.2) is 23.1 Å². The third kappa shape index (κ3) is 4.62. The van der Waals surface area contributed by atoms with Gasteiger partial charge in [0.25, 0.3) is 0 Å². The van der Waals surface area contributed by atoms with Gasteiger partial charge in [-0.05, 0) is 37.5 Å². The van der Waals surface area contributed by atoms with Crippen molar-refractivity contribution in [3.05, 3.63) is 24.0 Å². The van der Waals surface area contributed by atoms with Gasteiger partial charge in [-0.15, -0.1) is 12.4 Å². The lowest BCUT2D eigenvalue weighted by Gasteiger charge is -2.24. The molecule has 0 radical (unpaired) electrons. The first-order chi connectivity index (χ1) is 11.5. The number of rotatable bonds is 6. The molecule has 3 rings (SSSR count). The molecule has 2 atom stereocenters. The Balaban J connectivity index is 0.00000225. The Kier molecular flexibility index (Phi) is 7.04. The molecule has 0 amide bonds. The molecule has 1 aromatic carbocycles. The molecule has 1 aromatic rings. The third-order valence-corrected chi connectivity index (χ3v) is 6.44. The Bertz CT molecular complexity index is 689. The second-order valence-electron chi connectivity index (χ2n) is 6.22. The third-order valence-electron chi connectivity index (χ3n) is 4.55. The first-order valence-corrected chi connectivity index (χ1v) is 9.62. The molecule has 2 fully saturated rings. The van der Waals surface area contributed by atoms with Crippen LogP contribution in [0.2, 0.25) is 0 Å². The maximum atomic E-state index is 13.7. The zero-order valence-electron chi connectivity index (χ0n) is 14.1. The van der Waals surface area contributed by atoms with Crippen LogP contribution in [0, 0.1) is 5.82 Å². The molecule has 6 nitrogen and oxygen atoms in total. The van der Waals surface area contributed by atoms with E-state index in [1.54, 1.807) is 0 Å². The fourth-order valence-corrected chi connectivity index (χ4v) is 4.95. The maximum absolute atomic E-state index is 13.7. The van der Waals surface area contributed by atoms with Gasteiger partial charge in [0.05, 0.1) is 6.61 Å².